The van der Waals surface area contributed by atoms with Crippen molar-refractivity contribution in [3.8, 4) is 0 Å². The first-order valence-electron chi connectivity index (χ1n) is 8.43. The number of amides is 2. The fraction of sp³-hybridized carbons (Fsp3) is 0.316. The Bertz CT molecular complexity index is 814. The quantitative estimate of drug-likeness (QED) is 0.816. The summed E-state index contributed by atoms with van der Waals surface area (Å²) in [5.74, 6) is 0. The SMILES string of the molecule is C=CCn1c2c(ccc1=O)C[C@H](NC(=O)NCc1cccnc1)CC2. The summed E-state index contributed by atoms with van der Waals surface area (Å²) in [6.07, 6.45) is 7.48. The fourth-order valence-electron chi connectivity index (χ4n) is 3.20. The lowest BCUT2D eigenvalue weighted by Gasteiger charge is -2.27. The van der Waals surface area contributed by atoms with Crippen molar-refractivity contribution >= 4 is 6.03 Å². The van der Waals surface area contributed by atoms with Gasteiger partial charge < -0.3 is 15.2 Å². The monoisotopic (exact) mass is 338 g/mol. The van der Waals surface area contributed by atoms with Crippen LogP contribution in [0.5, 0.6) is 0 Å². The number of urea groups is 1. The van der Waals surface area contributed by atoms with Gasteiger partial charge in [0, 0.05) is 43.3 Å². The number of nitrogens with zero attached hydrogens (tertiary/aromatic N) is 2. The van der Waals surface area contributed by atoms with Gasteiger partial charge in [0.15, 0.2) is 0 Å². The molecule has 0 fully saturated rings. The number of carbonyl (C=O) groups excluding carboxylic acids is 1. The van der Waals surface area contributed by atoms with Crippen LogP contribution in [0.4, 0.5) is 4.79 Å². The summed E-state index contributed by atoms with van der Waals surface area (Å²) in [6.45, 7) is 4.68. The maximum atomic E-state index is 12.1. The number of hydrogen-bond donors (Lipinski definition) is 2. The minimum Gasteiger partial charge on any atom is -0.335 e. The van der Waals surface area contributed by atoms with Gasteiger partial charge in [-0.25, -0.2) is 4.79 Å². The highest BCUT2D eigenvalue weighted by atomic mass is 16.2. The Morgan fingerprint density at radius 1 is 1.40 bits per heavy atom. The molecule has 0 unspecified atom stereocenters. The third kappa shape index (κ3) is 4.15. The van der Waals surface area contributed by atoms with Gasteiger partial charge in [-0.15, -0.1) is 6.58 Å². The van der Waals surface area contributed by atoms with Gasteiger partial charge in [-0.1, -0.05) is 18.2 Å². The minimum atomic E-state index is -0.184. The van der Waals surface area contributed by atoms with Gasteiger partial charge in [-0.05, 0) is 36.5 Å². The van der Waals surface area contributed by atoms with Crippen molar-refractivity contribution in [3.63, 3.8) is 0 Å². The van der Waals surface area contributed by atoms with Crippen LogP contribution in [0.15, 0.2) is 54.1 Å². The molecule has 6 heteroatoms. The average Bonchev–Trinajstić information content (AvgIpc) is 2.63. The van der Waals surface area contributed by atoms with E-state index < -0.39 is 0 Å². The number of pyridine rings is 2. The van der Waals surface area contributed by atoms with Gasteiger partial charge in [-0.3, -0.25) is 9.78 Å². The molecule has 2 amide bonds. The van der Waals surface area contributed by atoms with Crippen molar-refractivity contribution in [1.82, 2.24) is 20.2 Å². The van der Waals surface area contributed by atoms with Crippen molar-refractivity contribution in [2.24, 2.45) is 0 Å². The van der Waals surface area contributed by atoms with Crippen LogP contribution in [0, 0.1) is 0 Å². The number of aromatic nitrogens is 2. The summed E-state index contributed by atoms with van der Waals surface area (Å²) in [5, 5.41) is 5.87. The second kappa shape index (κ2) is 7.79. The molecule has 1 atom stereocenters. The van der Waals surface area contributed by atoms with Gasteiger partial charge in [0.2, 0.25) is 0 Å². The van der Waals surface area contributed by atoms with Crippen LogP contribution < -0.4 is 16.2 Å². The van der Waals surface area contributed by atoms with Crippen LogP contribution in [0.1, 0.15) is 23.2 Å². The normalized spacial score (nSPS) is 15.9. The lowest BCUT2D eigenvalue weighted by Crippen LogP contribution is -2.45. The molecule has 25 heavy (non-hydrogen) atoms. The standard InChI is InChI=1S/C19H22N4O2/c1-2-10-23-17-7-6-16(11-15(17)5-8-18(23)24)22-19(25)21-13-14-4-3-9-20-12-14/h2-5,8-9,12,16H,1,6-7,10-11,13H2,(H2,21,22,25)/t16-/m1/s1. The first kappa shape index (κ1) is 17.0. The van der Waals surface area contributed by atoms with E-state index in [0.29, 0.717) is 13.1 Å². The average molecular weight is 338 g/mol. The predicted molar refractivity (Wildman–Crippen MR) is 96.3 cm³/mol. The molecule has 0 aromatic carbocycles. The summed E-state index contributed by atoms with van der Waals surface area (Å²) >= 11 is 0. The van der Waals surface area contributed by atoms with E-state index >= 15 is 0 Å². The summed E-state index contributed by atoms with van der Waals surface area (Å²) in [5.41, 5.74) is 3.13. The van der Waals surface area contributed by atoms with Crippen LogP contribution in [0.2, 0.25) is 0 Å². The molecule has 0 spiro atoms. The smallest absolute Gasteiger partial charge is 0.315 e. The first-order chi connectivity index (χ1) is 12.2. The van der Waals surface area contributed by atoms with Gasteiger partial charge >= 0.3 is 6.03 Å². The predicted octanol–water partition coefficient (Wildman–Crippen LogP) is 1.79. The molecule has 2 aromatic rings. The van der Waals surface area contributed by atoms with E-state index in [1.807, 2.05) is 18.2 Å². The molecule has 130 valence electrons. The lowest BCUT2D eigenvalue weighted by atomic mass is 9.91. The van der Waals surface area contributed by atoms with Crippen molar-refractivity contribution in [2.45, 2.75) is 38.4 Å². The summed E-state index contributed by atoms with van der Waals surface area (Å²) in [6, 6.07) is 7.11. The van der Waals surface area contributed by atoms with Crippen LogP contribution in [0.25, 0.3) is 0 Å². The van der Waals surface area contributed by atoms with Gasteiger partial charge in [0.25, 0.3) is 5.56 Å². The number of fused-ring (bicyclic) bond motifs is 1. The highest BCUT2D eigenvalue weighted by Gasteiger charge is 2.22. The van der Waals surface area contributed by atoms with E-state index in [9.17, 15) is 9.59 Å². The number of nitrogens with one attached hydrogen (secondary N) is 2. The Labute approximate surface area is 146 Å². The Hall–Kier alpha value is -2.89. The van der Waals surface area contributed by atoms with Crippen LogP contribution in [-0.4, -0.2) is 21.6 Å². The zero-order valence-corrected chi connectivity index (χ0v) is 14.1. The maximum Gasteiger partial charge on any atom is 0.315 e. The topological polar surface area (TPSA) is 76.0 Å². The molecule has 0 radical (unpaired) electrons. The number of allylic oxidation sites excluding steroid dienone is 1. The van der Waals surface area contributed by atoms with Crippen molar-refractivity contribution in [3.05, 3.63) is 76.5 Å². The molecule has 0 saturated carbocycles. The summed E-state index contributed by atoms with van der Waals surface area (Å²) in [7, 11) is 0. The van der Waals surface area contributed by atoms with E-state index in [-0.39, 0.29) is 17.6 Å². The Morgan fingerprint density at radius 3 is 3.04 bits per heavy atom. The maximum absolute atomic E-state index is 12.1. The molecule has 3 rings (SSSR count). The van der Waals surface area contributed by atoms with Crippen molar-refractivity contribution in [2.75, 3.05) is 0 Å². The minimum absolute atomic E-state index is 0.000673. The van der Waals surface area contributed by atoms with Crippen molar-refractivity contribution < 1.29 is 4.79 Å². The largest absolute Gasteiger partial charge is 0.335 e. The van der Waals surface area contributed by atoms with E-state index in [2.05, 4.69) is 22.2 Å². The zero-order valence-electron chi connectivity index (χ0n) is 14.1. The Morgan fingerprint density at radius 2 is 2.28 bits per heavy atom. The molecule has 0 saturated heterocycles. The van der Waals surface area contributed by atoms with Crippen molar-refractivity contribution in [1.29, 1.82) is 0 Å². The molecule has 0 aliphatic heterocycles. The number of hydrogen-bond acceptors (Lipinski definition) is 3. The fourth-order valence-corrected chi connectivity index (χ4v) is 3.20. The summed E-state index contributed by atoms with van der Waals surface area (Å²) < 4.78 is 1.76. The van der Waals surface area contributed by atoms with E-state index in [0.717, 1.165) is 36.1 Å². The van der Waals surface area contributed by atoms with E-state index in [1.54, 1.807) is 29.1 Å². The summed E-state index contributed by atoms with van der Waals surface area (Å²) in [4.78, 5) is 28.1. The number of carbonyl (C=O) groups is 1. The molecular formula is C19H22N4O2. The molecule has 2 heterocycles. The van der Waals surface area contributed by atoms with E-state index in [1.165, 1.54) is 0 Å². The lowest BCUT2D eigenvalue weighted by molar-refractivity contribution is 0.235. The van der Waals surface area contributed by atoms with Crippen LogP contribution >= 0.6 is 0 Å². The first-order valence-corrected chi connectivity index (χ1v) is 8.43. The van der Waals surface area contributed by atoms with Crippen LogP contribution in [-0.2, 0) is 25.9 Å². The Balaban J connectivity index is 1.59. The molecule has 1 aliphatic rings. The third-order valence-electron chi connectivity index (χ3n) is 4.41. The van der Waals surface area contributed by atoms with Gasteiger partial charge in [0.1, 0.15) is 0 Å². The highest BCUT2D eigenvalue weighted by Crippen LogP contribution is 2.20. The Kier molecular flexibility index (Phi) is 5.28. The van der Waals surface area contributed by atoms with Gasteiger partial charge in [-0.2, -0.15) is 0 Å². The number of rotatable bonds is 5. The molecule has 2 N–H and O–H groups in total. The molecule has 1 aliphatic carbocycles. The molecule has 0 bridgehead atoms. The van der Waals surface area contributed by atoms with Gasteiger partial charge in [0.05, 0.1) is 0 Å². The second-order valence-electron chi connectivity index (χ2n) is 6.17. The third-order valence-corrected chi connectivity index (χ3v) is 4.41. The van der Waals surface area contributed by atoms with E-state index in [4.69, 9.17) is 0 Å². The van der Waals surface area contributed by atoms with Crippen LogP contribution in [0.3, 0.4) is 0 Å². The molecule has 2 aromatic heterocycles. The molecular weight excluding hydrogens is 316 g/mol. The second-order valence-corrected chi connectivity index (χ2v) is 6.17. The zero-order chi connectivity index (χ0) is 17.6. The highest BCUT2D eigenvalue weighted by molar-refractivity contribution is 5.74. The molecule has 6 nitrogen and oxygen atoms in total.